The molecule has 0 aliphatic carbocycles. The molecule has 0 aliphatic heterocycles. The van der Waals surface area contributed by atoms with Crippen LogP contribution in [0.15, 0.2) is 60.5 Å². The number of hydrogen-bond acceptors (Lipinski definition) is 4. The second-order valence-electron chi connectivity index (χ2n) is 4.11. The average Bonchev–Trinajstić information content (AvgIpc) is 2.49. The van der Waals surface area contributed by atoms with Gasteiger partial charge in [-0.3, -0.25) is 15.4 Å². The molecule has 0 saturated carbocycles. The lowest BCUT2D eigenvalue weighted by Gasteiger charge is -2.07. The fraction of sp³-hybridized carbons (Fsp3) is 0.133. The predicted octanol–water partition coefficient (Wildman–Crippen LogP) is 3.30. The number of ether oxygens (including phenoxy) is 1. The summed E-state index contributed by atoms with van der Waals surface area (Å²) in [6.45, 7) is 4.83. The van der Waals surface area contributed by atoms with Crippen molar-refractivity contribution < 1.29 is 18.8 Å². The zero-order valence-corrected chi connectivity index (χ0v) is 11.9. The Morgan fingerprint density at radius 2 is 2.27 bits per heavy atom. The van der Waals surface area contributed by atoms with E-state index in [2.05, 4.69) is 11.9 Å². The number of benzene rings is 1. The molecule has 1 amide bonds. The summed E-state index contributed by atoms with van der Waals surface area (Å²) in [5.41, 5.74) is 0.410. The second kappa shape index (κ2) is 8.35. The van der Waals surface area contributed by atoms with Crippen LogP contribution in [0.1, 0.15) is 12.5 Å². The third-order valence-corrected chi connectivity index (χ3v) is 2.54. The van der Waals surface area contributed by atoms with Crippen molar-refractivity contribution in [1.82, 2.24) is 5.32 Å². The van der Waals surface area contributed by atoms with Crippen molar-refractivity contribution in [1.29, 1.82) is 0 Å². The Morgan fingerprint density at radius 1 is 1.55 bits per heavy atom. The number of rotatable bonds is 6. The molecule has 0 spiro atoms. The van der Waals surface area contributed by atoms with Gasteiger partial charge in [0.05, 0.1) is 10.6 Å². The number of nitrogens with zero attached hydrogens (tertiary/aromatic N) is 1. The maximum atomic E-state index is 13.0. The van der Waals surface area contributed by atoms with E-state index in [0.717, 1.165) is 6.08 Å². The highest BCUT2D eigenvalue weighted by Gasteiger charge is 2.09. The molecule has 1 N–H and O–H groups in total. The van der Waals surface area contributed by atoms with Crippen LogP contribution < -0.4 is 5.32 Å². The monoisotopic (exact) mass is 306 g/mol. The molecule has 0 saturated heterocycles. The Bertz CT molecular complexity index is 638. The molecule has 0 bridgehead atoms. The van der Waals surface area contributed by atoms with Crippen LogP contribution in [0.5, 0.6) is 0 Å². The van der Waals surface area contributed by atoms with E-state index in [1.54, 1.807) is 6.07 Å². The molecule has 0 atom stereocenters. The summed E-state index contributed by atoms with van der Waals surface area (Å²) < 4.78 is 17.9. The standard InChI is InChI=1S/C15H15FN2O4/c1-3-13(9-14(4-2)18(20)21)17-15(19)22-10-11-6-5-7-12(16)8-11/h3-9H,1,10H2,2H3,(H,17,19)/b13-9+,14-4+. The van der Waals surface area contributed by atoms with Crippen molar-refractivity contribution in [3.05, 3.63) is 82.0 Å². The van der Waals surface area contributed by atoms with Gasteiger partial charge in [-0.2, -0.15) is 0 Å². The minimum absolute atomic E-state index is 0.119. The van der Waals surface area contributed by atoms with Crippen molar-refractivity contribution in [3.63, 3.8) is 0 Å². The van der Waals surface area contributed by atoms with Gasteiger partial charge in [-0.05, 0) is 36.8 Å². The van der Waals surface area contributed by atoms with Crippen molar-refractivity contribution in [2.24, 2.45) is 0 Å². The topological polar surface area (TPSA) is 81.5 Å². The van der Waals surface area contributed by atoms with E-state index >= 15 is 0 Å². The molecule has 0 radical (unpaired) electrons. The van der Waals surface area contributed by atoms with Gasteiger partial charge < -0.3 is 4.74 Å². The molecule has 1 aromatic rings. The zero-order chi connectivity index (χ0) is 16.5. The Labute approximate surface area is 126 Å². The van der Waals surface area contributed by atoms with Gasteiger partial charge in [0.15, 0.2) is 0 Å². The predicted molar refractivity (Wildman–Crippen MR) is 78.8 cm³/mol. The third kappa shape index (κ3) is 5.58. The first-order valence-corrected chi connectivity index (χ1v) is 6.29. The first kappa shape index (κ1) is 17.1. The number of amides is 1. The molecule has 1 rings (SSSR count). The number of carbonyl (C=O) groups excluding carboxylic acids is 1. The van der Waals surface area contributed by atoms with Crippen molar-refractivity contribution in [2.75, 3.05) is 0 Å². The van der Waals surface area contributed by atoms with E-state index in [1.807, 2.05) is 0 Å². The average molecular weight is 306 g/mol. The molecule has 116 valence electrons. The molecule has 0 heterocycles. The summed E-state index contributed by atoms with van der Waals surface area (Å²) >= 11 is 0. The summed E-state index contributed by atoms with van der Waals surface area (Å²) in [7, 11) is 0. The minimum Gasteiger partial charge on any atom is -0.444 e. The van der Waals surface area contributed by atoms with Gasteiger partial charge in [0.2, 0.25) is 0 Å². The number of allylic oxidation sites excluding steroid dienone is 3. The lowest BCUT2D eigenvalue weighted by Crippen LogP contribution is -2.23. The lowest BCUT2D eigenvalue weighted by atomic mass is 10.2. The highest BCUT2D eigenvalue weighted by atomic mass is 19.1. The van der Waals surface area contributed by atoms with E-state index < -0.39 is 16.8 Å². The summed E-state index contributed by atoms with van der Waals surface area (Å²) in [5.74, 6) is -0.433. The first-order chi connectivity index (χ1) is 10.5. The van der Waals surface area contributed by atoms with E-state index in [9.17, 15) is 19.3 Å². The molecule has 0 fully saturated rings. The molecular weight excluding hydrogens is 291 g/mol. The Kier molecular flexibility index (Phi) is 6.49. The maximum absolute atomic E-state index is 13.0. The maximum Gasteiger partial charge on any atom is 0.411 e. The number of alkyl carbamates (subject to hydrolysis) is 1. The molecule has 0 unspecified atom stereocenters. The van der Waals surface area contributed by atoms with Crippen LogP contribution in [-0.4, -0.2) is 11.0 Å². The molecule has 7 heteroatoms. The molecule has 0 aliphatic rings. The van der Waals surface area contributed by atoms with Crippen molar-refractivity contribution >= 4 is 6.09 Å². The van der Waals surface area contributed by atoms with E-state index in [1.165, 1.54) is 37.3 Å². The van der Waals surface area contributed by atoms with Crippen LogP contribution >= 0.6 is 0 Å². The number of carbonyl (C=O) groups is 1. The second-order valence-corrected chi connectivity index (χ2v) is 4.11. The molecule has 22 heavy (non-hydrogen) atoms. The highest BCUT2D eigenvalue weighted by molar-refractivity contribution is 5.70. The van der Waals surface area contributed by atoms with Gasteiger partial charge in [-0.15, -0.1) is 0 Å². The van der Waals surface area contributed by atoms with Crippen LogP contribution in [0.2, 0.25) is 0 Å². The SMILES string of the molecule is C=C/C(=C\C(=C/C)[N+](=O)[O-])NC(=O)OCc1cccc(F)c1. The quantitative estimate of drug-likeness (QED) is 0.496. The number of halogens is 1. The number of nitrogens with one attached hydrogen (secondary N) is 1. The van der Waals surface area contributed by atoms with Crippen LogP contribution in [0.25, 0.3) is 0 Å². The highest BCUT2D eigenvalue weighted by Crippen LogP contribution is 2.06. The van der Waals surface area contributed by atoms with Crippen LogP contribution in [-0.2, 0) is 11.3 Å². The minimum atomic E-state index is -0.825. The first-order valence-electron chi connectivity index (χ1n) is 6.29. The van der Waals surface area contributed by atoms with Crippen molar-refractivity contribution in [2.45, 2.75) is 13.5 Å². The van der Waals surface area contributed by atoms with Crippen LogP contribution in [0.3, 0.4) is 0 Å². The molecule has 1 aromatic carbocycles. The largest absolute Gasteiger partial charge is 0.444 e. The smallest absolute Gasteiger partial charge is 0.411 e. The van der Waals surface area contributed by atoms with Gasteiger partial charge >= 0.3 is 6.09 Å². The van der Waals surface area contributed by atoms with Crippen LogP contribution in [0.4, 0.5) is 9.18 Å². The fourth-order valence-corrected chi connectivity index (χ4v) is 1.48. The van der Waals surface area contributed by atoms with Crippen LogP contribution in [0, 0.1) is 15.9 Å². The number of nitro groups is 1. The van der Waals surface area contributed by atoms with Gasteiger partial charge in [0, 0.05) is 6.08 Å². The Hall–Kier alpha value is -2.96. The Morgan fingerprint density at radius 3 is 2.82 bits per heavy atom. The summed E-state index contributed by atoms with van der Waals surface area (Å²) in [6.07, 6.45) is 2.85. The van der Waals surface area contributed by atoms with Gasteiger partial charge in [-0.1, -0.05) is 18.7 Å². The summed E-state index contributed by atoms with van der Waals surface area (Å²) in [4.78, 5) is 21.7. The van der Waals surface area contributed by atoms with Gasteiger partial charge in [-0.25, -0.2) is 9.18 Å². The van der Waals surface area contributed by atoms with Crippen molar-refractivity contribution in [3.8, 4) is 0 Å². The van der Waals surface area contributed by atoms with E-state index in [4.69, 9.17) is 4.74 Å². The number of hydrogen-bond donors (Lipinski definition) is 1. The van der Waals surface area contributed by atoms with Gasteiger partial charge in [0.1, 0.15) is 12.4 Å². The Balaban J connectivity index is 2.64. The molecule has 0 aromatic heterocycles. The van der Waals surface area contributed by atoms with E-state index in [0.29, 0.717) is 5.56 Å². The third-order valence-electron chi connectivity index (χ3n) is 2.54. The summed E-state index contributed by atoms with van der Waals surface area (Å²) in [6, 6.07) is 5.61. The lowest BCUT2D eigenvalue weighted by molar-refractivity contribution is -0.419. The zero-order valence-electron chi connectivity index (χ0n) is 11.9. The van der Waals surface area contributed by atoms with E-state index in [-0.39, 0.29) is 18.0 Å². The fourth-order valence-electron chi connectivity index (χ4n) is 1.48. The van der Waals surface area contributed by atoms with Gasteiger partial charge in [0.25, 0.3) is 5.70 Å². The molecule has 6 nitrogen and oxygen atoms in total. The normalized spacial score (nSPS) is 11.7. The summed E-state index contributed by atoms with van der Waals surface area (Å²) in [5, 5.41) is 13.0. The molecular formula is C15H15FN2O4.